The first-order chi connectivity index (χ1) is 7.29. The second kappa shape index (κ2) is 4.40. The molecule has 0 aromatic carbocycles. The van der Waals surface area contributed by atoms with Crippen molar-refractivity contribution in [2.24, 2.45) is 11.7 Å². The van der Waals surface area contributed by atoms with Crippen LogP contribution in [-0.2, 0) is 6.42 Å². The Balaban J connectivity index is 2.09. The molecule has 0 aliphatic rings. The summed E-state index contributed by atoms with van der Waals surface area (Å²) >= 11 is 0. The van der Waals surface area contributed by atoms with Crippen molar-refractivity contribution in [2.75, 3.05) is 6.54 Å². The maximum atomic E-state index is 5.57. The van der Waals surface area contributed by atoms with E-state index in [9.17, 15) is 0 Å². The lowest BCUT2D eigenvalue weighted by atomic mass is 10.1. The van der Waals surface area contributed by atoms with Crippen LogP contribution in [0.25, 0.3) is 11.0 Å². The Morgan fingerprint density at radius 2 is 2.40 bits per heavy atom. The first kappa shape index (κ1) is 10.1. The van der Waals surface area contributed by atoms with E-state index in [1.54, 1.807) is 12.4 Å². The molecule has 0 bridgehead atoms. The summed E-state index contributed by atoms with van der Waals surface area (Å²) in [6, 6.07) is 1.92. The molecule has 0 spiro atoms. The van der Waals surface area contributed by atoms with Gasteiger partial charge in [0.1, 0.15) is 5.82 Å². The Bertz CT molecular complexity index is 402. The number of aryl methyl sites for hydroxylation is 1. The third-order valence-electron chi connectivity index (χ3n) is 2.61. The number of nitrogens with two attached hydrogens (primary N) is 1. The van der Waals surface area contributed by atoms with Gasteiger partial charge in [-0.1, -0.05) is 6.92 Å². The predicted molar refractivity (Wildman–Crippen MR) is 60.4 cm³/mol. The van der Waals surface area contributed by atoms with Crippen LogP contribution >= 0.6 is 0 Å². The molecule has 0 aliphatic heterocycles. The molecule has 0 fully saturated rings. The summed E-state index contributed by atoms with van der Waals surface area (Å²) in [6.07, 6.45) is 5.59. The van der Waals surface area contributed by atoms with Gasteiger partial charge in [-0.25, -0.2) is 4.98 Å². The fourth-order valence-electron chi connectivity index (χ4n) is 1.53. The Morgan fingerprint density at radius 3 is 3.13 bits per heavy atom. The van der Waals surface area contributed by atoms with E-state index in [2.05, 4.69) is 21.9 Å². The zero-order valence-corrected chi connectivity index (χ0v) is 8.90. The molecule has 4 nitrogen and oxygen atoms in total. The van der Waals surface area contributed by atoms with E-state index in [1.165, 1.54) is 0 Å². The monoisotopic (exact) mass is 204 g/mol. The number of nitrogens with zero attached hydrogens (tertiary/aromatic N) is 2. The van der Waals surface area contributed by atoms with Crippen LogP contribution < -0.4 is 5.73 Å². The molecule has 0 saturated heterocycles. The molecule has 0 radical (unpaired) electrons. The minimum Gasteiger partial charge on any atom is -0.341 e. The quantitative estimate of drug-likeness (QED) is 0.792. The fraction of sp³-hybridized carbons (Fsp3) is 0.455. The van der Waals surface area contributed by atoms with E-state index in [0.717, 1.165) is 36.2 Å². The van der Waals surface area contributed by atoms with Gasteiger partial charge in [-0.05, 0) is 24.9 Å². The highest BCUT2D eigenvalue weighted by Crippen LogP contribution is 2.11. The normalized spacial score (nSPS) is 13.2. The smallest absolute Gasteiger partial charge is 0.107 e. The minimum atomic E-state index is 0.552. The van der Waals surface area contributed by atoms with Crippen molar-refractivity contribution in [1.29, 1.82) is 0 Å². The molecule has 2 aromatic heterocycles. The molecule has 2 rings (SSSR count). The topological polar surface area (TPSA) is 67.6 Å². The third kappa shape index (κ3) is 2.33. The molecule has 2 heterocycles. The van der Waals surface area contributed by atoms with Gasteiger partial charge in [0.2, 0.25) is 0 Å². The van der Waals surface area contributed by atoms with Crippen LogP contribution in [-0.4, -0.2) is 21.5 Å². The summed E-state index contributed by atoms with van der Waals surface area (Å²) in [5.74, 6) is 1.58. The number of imidazole rings is 1. The number of pyridine rings is 1. The number of aromatic nitrogens is 3. The zero-order valence-electron chi connectivity index (χ0n) is 8.90. The van der Waals surface area contributed by atoms with Crippen LogP contribution in [0.15, 0.2) is 18.5 Å². The van der Waals surface area contributed by atoms with E-state index in [-0.39, 0.29) is 0 Å². The molecule has 80 valence electrons. The number of aromatic amines is 1. The Labute approximate surface area is 88.9 Å². The number of H-pyrrole nitrogens is 1. The maximum absolute atomic E-state index is 5.57. The molecule has 2 aromatic rings. The Morgan fingerprint density at radius 1 is 1.53 bits per heavy atom. The Kier molecular flexibility index (Phi) is 2.97. The van der Waals surface area contributed by atoms with Gasteiger partial charge in [0, 0.05) is 12.6 Å². The van der Waals surface area contributed by atoms with Gasteiger partial charge < -0.3 is 10.7 Å². The van der Waals surface area contributed by atoms with Gasteiger partial charge in [-0.2, -0.15) is 0 Å². The third-order valence-corrected chi connectivity index (χ3v) is 2.61. The van der Waals surface area contributed by atoms with Crippen molar-refractivity contribution in [3.8, 4) is 0 Å². The lowest BCUT2D eigenvalue weighted by Crippen LogP contribution is -2.11. The van der Waals surface area contributed by atoms with Crippen LogP contribution in [0.2, 0.25) is 0 Å². The van der Waals surface area contributed by atoms with Crippen LogP contribution in [0.3, 0.4) is 0 Å². The first-order valence-corrected chi connectivity index (χ1v) is 5.28. The number of hydrogen-bond donors (Lipinski definition) is 2. The van der Waals surface area contributed by atoms with Crippen LogP contribution in [0, 0.1) is 5.92 Å². The summed E-state index contributed by atoms with van der Waals surface area (Å²) in [6.45, 7) is 2.89. The van der Waals surface area contributed by atoms with Crippen molar-refractivity contribution < 1.29 is 0 Å². The molecular formula is C11H16N4. The van der Waals surface area contributed by atoms with Crippen LogP contribution in [0.5, 0.6) is 0 Å². The maximum Gasteiger partial charge on any atom is 0.107 e. The minimum absolute atomic E-state index is 0.552. The largest absolute Gasteiger partial charge is 0.341 e. The summed E-state index contributed by atoms with van der Waals surface area (Å²) in [4.78, 5) is 11.8. The highest BCUT2D eigenvalue weighted by atomic mass is 14.9. The van der Waals surface area contributed by atoms with E-state index in [1.807, 2.05) is 6.07 Å². The molecule has 0 aliphatic carbocycles. The molecule has 3 N–H and O–H groups in total. The SMILES string of the molecule is CC(CN)CCc1nc2ccncc2[nH]1. The fourth-order valence-corrected chi connectivity index (χ4v) is 1.53. The summed E-state index contributed by atoms with van der Waals surface area (Å²) in [5.41, 5.74) is 7.56. The number of fused-ring (bicyclic) bond motifs is 1. The second-order valence-corrected chi connectivity index (χ2v) is 3.96. The summed E-state index contributed by atoms with van der Waals surface area (Å²) in [5, 5.41) is 0. The van der Waals surface area contributed by atoms with Crippen molar-refractivity contribution >= 4 is 11.0 Å². The summed E-state index contributed by atoms with van der Waals surface area (Å²) < 4.78 is 0. The number of rotatable bonds is 4. The molecule has 1 unspecified atom stereocenters. The average molecular weight is 204 g/mol. The number of nitrogens with one attached hydrogen (secondary N) is 1. The molecular weight excluding hydrogens is 188 g/mol. The highest BCUT2D eigenvalue weighted by Gasteiger charge is 2.04. The summed E-state index contributed by atoms with van der Waals surface area (Å²) in [7, 11) is 0. The van der Waals surface area contributed by atoms with Crippen LogP contribution in [0.4, 0.5) is 0 Å². The molecule has 0 saturated carbocycles. The predicted octanol–water partition coefficient (Wildman–Crippen LogP) is 1.49. The molecule has 15 heavy (non-hydrogen) atoms. The molecule has 1 atom stereocenters. The average Bonchev–Trinajstić information content (AvgIpc) is 2.68. The molecule has 4 heteroatoms. The van der Waals surface area contributed by atoms with Crippen LogP contribution in [0.1, 0.15) is 19.2 Å². The van der Waals surface area contributed by atoms with Gasteiger partial charge in [0.05, 0.1) is 17.2 Å². The van der Waals surface area contributed by atoms with Crippen molar-refractivity contribution in [3.63, 3.8) is 0 Å². The van der Waals surface area contributed by atoms with Crippen molar-refractivity contribution in [1.82, 2.24) is 15.0 Å². The van der Waals surface area contributed by atoms with E-state index >= 15 is 0 Å². The van der Waals surface area contributed by atoms with Crippen molar-refractivity contribution in [2.45, 2.75) is 19.8 Å². The highest BCUT2D eigenvalue weighted by molar-refractivity contribution is 5.73. The zero-order chi connectivity index (χ0) is 10.7. The van der Waals surface area contributed by atoms with Crippen molar-refractivity contribution in [3.05, 3.63) is 24.3 Å². The lowest BCUT2D eigenvalue weighted by Gasteiger charge is -2.05. The molecule has 0 amide bonds. The Hall–Kier alpha value is -1.42. The lowest BCUT2D eigenvalue weighted by molar-refractivity contribution is 0.538. The van der Waals surface area contributed by atoms with E-state index < -0.39 is 0 Å². The van der Waals surface area contributed by atoms with Gasteiger partial charge in [-0.15, -0.1) is 0 Å². The second-order valence-electron chi connectivity index (χ2n) is 3.96. The number of hydrogen-bond acceptors (Lipinski definition) is 3. The first-order valence-electron chi connectivity index (χ1n) is 5.28. The van der Waals surface area contributed by atoms with Gasteiger partial charge in [0.15, 0.2) is 0 Å². The van der Waals surface area contributed by atoms with E-state index in [4.69, 9.17) is 5.73 Å². The van der Waals surface area contributed by atoms with E-state index in [0.29, 0.717) is 5.92 Å². The van der Waals surface area contributed by atoms with Gasteiger partial charge in [-0.3, -0.25) is 4.98 Å². The van der Waals surface area contributed by atoms with Gasteiger partial charge >= 0.3 is 0 Å². The standard InChI is InChI=1S/C11H16N4/c1-8(6-12)2-3-11-14-9-4-5-13-7-10(9)15-11/h4-5,7-8H,2-3,6,12H2,1H3,(H,14,15). The van der Waals surface area contributed by atoms with Gasteiger partial charge in [0.25, 0.3) is 0 Å².